The summed E-state index contributed by atoms with van der Waals surface area (Å²) in [4.78, 5) is 13.9. The first kappa shape index (κ1) is 15.7. The van der Waals surface area contributed by atoms with E-state index in [1.807, 2.05) is 47.2 Å². The van der Waals surface area contributed by atoms with Crippen molar-refractivity contribution in [1.82, 2.24) is 10.2 Å². The maximum Gasteiger partial charge on any atom is 0.236 e. The summed E-state index contributed by atoms with van der Waals surface area (Å²) in [6.07, 6.45) is -0.652. The fourth-order valence-corrected chi connectivity index (χ4v) is 2.81. The van der Waals surface area contributed by atoms with Gasteiger partial charge in [-0.3, -0.25) is 4.79 Å². The number of hydrogen-bond donors (Lipinski definition) is 2. The molecule has 0 fully saturated rings. The summed E-state index contributed by atoms with van der Waals surface area (Å²) < 4.78 is 0. The van der Waals surface area contributed by atoms with Crippen LogP contribution in [0.15, 0.2) is 47.2 Å². The Morgan fingerprint density at radius 3 is 2.71 bits per heavy atom. The molecule has 2 rings (SSSR count). The van der Waals surface area contributed by atoms with Crippen LogP contribution in [-0.4, -0.2) is 36.1 Å². The molecular formula is C16H20N2O2S. The number of carbonyl (C=O) groups is 1. The zero-order valence-corrected chi connectivity index (χ0v) is 12.8. The number of aliphatic hydroxyl groups is 1. The summed E-state index contributed by atoms with van der Waals surface area (Å²) in [6, 6.07) is 11.7. The Bertz CT molecular complexity index is 543. The van der Waals surface area contributed by atoms with Crippen LogP contribution in [0.2, 0.25) is 0 Å². The molecule has 2 aromatic rings. The molecule has 2 N–H and O–H groups in total. The molecule has 0 saturated heterocycles. The van der Waals surface area contributed by atoms with E-state index in [1.54, 1.807) is 23.3 Å². The summed E-state index contributed by atoms with van der Waals surface area (Å²) in [7, 11) is 1.74. The average Bonchev–Trinajstić information content (AvgIpc) is 3.02. The zero-order valence-electron chi connectivity index (χ0n) is 12.0. The topological polar surface area (TPSA) is 52.6 Å². The number of likely N-dealkylation sites (N-methyl/N-ethyl adjacent to an activating group) is 1. The van der Waals surface area contributed by atoms with Crippen molar-refractivity contribution < 1.29 is 9.90 Å². The van der Waals surface area contributed by atoms with Gasteiger partial charge < -0.3 is 15.3 Å². The normalized spacial score (nSPS) is 12.1. The first-order valence-electron chi connectivity index (χ1n) is 6.87. The van der Waals surface area contributed by atoms with Crippen molar-refractivity contribution in [2.24, 2.45) is 0 Å². The maximum atomic E-state index is 12.2. The summed E-state index contributed by atoms with van der Waals surface area (Å²) in [6.45, 7) is 1.07. The molecule has 0 radical (unpaired) electrons. The summed E-state index contributed by atoms with van der Waals surface area (Å²) in [5, 5.41) is 17.0. The number of thiophene rings is 1. The SMILES string of the molecule is CNCC(=O)N(Cc1ccccc1)CC(O)c1ccsc1. The second-order valence-corrected chi connectivity index (χ2v) is 5.64. The highest BCUT2D eigenvalue weighted by Gasteiger charge is 2.18. The number of nitrogens with one attached hydrogen (secondary N) is 1. The molecule has 0 aliphatic heterocycles. The summed E-state index contributed by atoms with van der Waals surface area (Å²) in [5.41, 5.74) is 1.91. The lowest BCUT2D eigenvalue weighted by molar-refractivity contribution is -0.132. The Hall–Kier alpha value is -1.69. The fourth-order valence-electron chi connectivity index (χ4n) is 2.10. The summed E-state index contributed by atoms with van der Waals surface area (Å²) >= 11 is 1.54. The Labute approximate surface area is 129 Å². The predicted octanol–water partition coefficient (Wildman–Crippen LogP) is 2.03. The number of nitrogens with zero attached hydrogens (tertiary/aromatic N) is 1. The van der Waals surface area contributed by atoms with E-state index in [4.69, 9.17) is 0 Å². The lowest BCUT2D eigenvalue weighted by Gasteiger charge is -2.25. The van der Waals surface area contributed by atoms with Crippen molar-refractivity contribution in [2.75, 3.05) is 20.1 Å². The van der Waals surface area contributed by atoms with Crippen LogP contribution in [0, 0.1) is 0 Å². The van der Waals surface area contributed by atoms with E-state index in [1.165, 1.54) is 0 Å². The first-order chi connectivity index (χ1) is 10.2. The Balaban J connectivity index is 2.06. The van der Waals surface area contributed by atoms with E-state index < -0.39 is 6.10 Å². The molecule has 5 heteroatoms. The van der Waals surface area contributed by atoms with E-state index in [2.05, 4.69) is 5.32 Å². The molecule has 1 heterocycles. The minimum atomic E-state index is -0.652. The highest BCUT2D eigenvalue weighted by Crippen LogP contribution is 2.18. The second kappa shape index (κ2) is 7.93. The van der Waals surface area contributed by atoms with Gasteiger partial charge >= 0.3 is 0 Å². The van der Waals surface area contributed by atoms with Crippen molar-refractivity contribution >= 4 is 17.2 Å². The van der Waals surface area contributed by atoms with Crippen LogP contribution < -0.4 is 5.32 Å². The highest BCUT2D eigenvalue weighted by molar-refractivity contribution is 7.07. The Morgan fingerprint density at radius 1 is 1.33 bits per heavy atom. The molecule has 0 aliphatic rings. The third-order valence-electron chi connectivity index (χ3n) is 3.22. The molecule has 1 unspecified atom stereocenters. The first-order valence-corrected chi connectivity index (χ1v) is 7.81. The Kier molecular flexibility index (Phi) is 5.92. The third-order valence-corrected chi connectivity index (χ3v) is 3.92. The minimum Gasteiger partial charge on any atom is -0.387 e. The molecule has 0 aliphatic carbocycles. The van der Waals surface area contributed by atoms with Gasteiger partial charge in [0.05, 0.1) is 19.2 Å². The third kappa shape index (κ3) is 4.67. The molecule has 1 aromatic heterocycles. The van der Waals surface area contributed by atoms with Gasteiger partial charge in [-0.1, -0.05) is 30.3 Å². The van der Waals surface area contributed by atoms with E-state index in [0.717, 1.165) is 11.1 Å². The standard InChI is InChI=1S/C16H20N2O2S/c1-17-9-16(20)18(10-13-5-3-2-4-6-13)11-15(19)14-7-8-21-12-14/h2-8,12,15,17,19H,9-11H2,1H3. The van der Waals surface area contributed by atoms with Crippen LogP contribution >= 0.6 is 11.3 Å². The van der Waals surface area contributed by atoms with Gasteiger partial charge in [0.1, 0.15) is 0 Å². The van der Waals surface area contributed by atoms with Crippen molar-refractivity contribution in [3.05, 3.63) is 58.3 Å². The quantitative estimate of drug-likeness (QED) is 0.823. The van der Waals surface area contributed by atoms with E-state index in [0.29, 0.717) is 13.1 Å². The molecule has 0 bridgehead atoms. The lowest BCUT2D eigenvalue weighted by Crippen LogP contribution is -2.39. The number of rotatable bonds is 7. The average molecular weight is 304 g/mol. The van der Waals surface area contributed by atoms with Crippen LogP contribution in [0.4, 0.5) is 0 Å². The van der Waals surface area contributed by atoms with Gasteiger partial charge in [-0.2, -0.15) is 11.3 Å². The van der Waals surface area contributed by atoms with Gasteiger partial charge in [-0.05, 0) is 35.0 Å². The second-order valence-electron chi connectivity index (χ2n) is 4.86. The van der Waals surface area contributed by atoms with Crippen molar-refractivity contribution in [3.63, 3.8) is 0 Å². The predicted molar refractivity (Wildman–Crippen MR) is 85.1 cm³/mol. The number of benzene rings is 1. The largest absolute Gasteiger partial charge is 0.387 e. The maximum absolute atomic E-state index is 12.2. The molecule has 1 amide bonds. The van der Waals surface area contributed by atoms with Crippen LogP contribution in [0.3, 0.4) is 0 Å². The molecular weight excluding hydrogens is 284 g/mol. The van der Waals surface area contributed by atoms with Crippen LogP contribution in [0.1, 0.15) is 17.2 Å². The van der Waals surface area contributed by atoms with Crippen LogP contribution in [0.5, 0.6) is 0 Å². The molecule has 0 spiro atoms. The molecule has 112 valence electrons. The number of hydrogen-bond acceptors (Lipinski definition) is 4. The van der Waals surface area contributed by atoms with Gasteiger partial charge in [0.2, 0.25) is 5.91 Å². The molecule has 21 heavy (non-hydrogen) atoms. The molecule has 0 saturated carbocycles. The fraction of sp³-hybridized carbons (Fsp3) is 0.312. The van der Waals surface area contributed by atoms with Gasteiger partial charge in [-0.25, -0.2) is 0 Å². The van der Waals surface area contributed by atoms with Gasteiger partial charge in [-0.15, -0.1) is 0 Å². The lowest BCUT2D eigenvalue weighted by atomic mass is 10.1. The zero-order chi connectivity index (χ0) is 15.1. The van der Waals surface area contributed by atoms with Crippen molar-refractivity contribution in [1.29, 1.82) is 0 Å². The highest BCUT2D eigenvalue weighted by atomic mass is 32.1. The van der Waals surface area contributed by atoms with Crippen molar-refractivity contribution in [3.8, 4) is 0 Å². The van der Waals surface area contributed by atoms with E-state index in [-0.39, 0.29) is 12.5 Å². The van der Waals surface area contributed by atoms with Gasteiger partial charge in [0.25, 0.3) is 0 Å². The smallest absolute Gasteiger partial charge is 0.236 e. The number of amides is 1. The van der Waals surface area contributed by atoms with Gasteiger partial charge in [0.15, 0.2) is 0 Å². The molecule has 4 nitrogen and oxygen atoms in total. The Morgan fingerprint density at radius 2 is 2.10 bits per heavy atom. The van der Waals surface area contributed by atoms with Gasteiger partial charge in [0, 0.05) is 6.54 Å². The number of carbonyl (C=O) groups excluding carboxylic acids is 1. The van der Waals surface area contributed by atoms with Crippen LogP contribution in [-0.2, 0) is 11.3 Å². The monoisotopic (exact) mass is 304 g/mol. The van der Waals surface area contributed by atoms with Crippen molar-refractivity contribution in [2.45, 2.75) is 12.6 Å². The molecule has 1 atom stereocenters. The van der Waals surface area contributed by atoms with E-state index in [9.17, 15) is 9.90 Å². The van der Waals surface area contributed by atoms with Crippen LogP contribution in [0.25, 0.3) is 0 Å². The number of aliphatic hydroxyl groups excluding tert-OH is 1. The molecule has 1 aromatic carbocycles. The van der Waals surface area contributed by atoms with E-state index >= 15 is 0 Å². The summed E-state index contributed by atoms with van der Waals surface area (Å²) in [5.74, 6) is -0.0179. The minimum absolute atomic E-state index is 0.0179.